The fourth-order valence-electron chi connectivity index (χ4n) is 1.76. The number of nitrogens with two attached hydrogens (primary N) is 1. The third kappa shape index (κ3) is 4.31. The summed E-state index contributed by atoms with van der Waals surface area (Å²) >= 11 is 0. The Morgan fingerprint density at radius 2 is 2.00 bits per heavy atom. The van der Waals surface area contributed by atoms with Gasteiger partial charge in [0.25, 0.3) is 0 Å². The summed E-state index contributed by atoms with van der Waals surface area (Å²) in [5.41, 5.74) is 5.63. The van der Waals surface area contributed by atoms with E-state index in [1.807, 2.05) is 0 Å². The maximum absolute atomic E-state index is 5.59. The smallest absolute Gasteiger partial charge is 0.0263 e. The minimum Gasteiger partial charge on any atom is -0.309 e. The van der Waals surface area contributed by atoms with Crippen LogP contribution < -0.4 is 11.3 Å². The highest BCUT2D eigenvalue weighted by Gasteiger charge is 2.09. The fourth-order valence-corrected chi connectivity index (χ4v) is 1.76. The number of nitrogens with one attached hydrogen (secondary N) is 1. The van der Waals surface area contributed by atoms with Crippen LogP contribution in [0.25, 0.3) is 0 Å². The van der Waals surface area contributed by atoms with Crippen LogP contribution in [0.5, 0.6) is 0 Å². The van der Waals surface area contributed by atoms with Gasteiger partial charge in [-0.25, -0.2) is 0 Å². The summed E-state index contributed by atoms with van der Waals surface area (Å²) in [7, 11) is 4.17. The lowest BCUT2D eigenvalue weighted by Crippen LogP contribution is -2.39. The summed E-state index contributed by atoms with van der Waals surface area (Å²) in [6.45, 7) is 3.20. The molecule has 0 amide bonds. The van der Waals surface area contributed by atoms with Crippen LogP contribution >= 0.6 is 0 Å². The maximum atomic E-state index is 5.59. The van der Waals surface area contributed by atoms with E-state index < -0.39 is 0 Å². The second kappa shape index (κ2) is 6.63. The summed E-state index contributed by atoms with van der Waals surface area (Å²) in [6, 6.07) is 8.83. The zero-order valence-corrected chi connectivity index (χ0v) is 10.5. The molecule has 0 aliphatic heterocycles. The number of rotatable bonds is 6. The van der Waals surface area contributed by atoms with Gasteiger partial charge in [0.1, 0.15) is 0 Å². The Labute approximate surface area is 98.6 Å². The van der Waals surface area contributed by atoms with Crippen molar-refractivity contribution in [3.05, 3.63) is 35.4 Å². The third-order valence-electron chi connectivity index (χ3n) is 2.89. The number of benzene rings is 1. The molecule has 0 aliphatic carbocycles. The standard InChI is InChI=1S/C13H23N3/c1-11-6-4-5-7-12(11)10-13(15-14)8-9-16(2)3/h4-7,13,15H,8-10,14H2,1-3H3. The lowest BCUT2D eigenvalue weighted by Gasteiger charge is -2.19. The Balaban J connectivity index is 2.53. The van der Waals surface area contributed by atoms with Crippen molar-refractivity contribution in [1.82, 2.24) is 10.3 Å². The van der Waals surface area contributed by atoms with Gasteiger partial charge in [-0.3, -0.25) is 11.3 Å². The molecule has 1 atom stereocenters. The van der Waals surface area contributed by atoms with E-state index in [0.717, 1.165) is 19.4 Å². The van der Waals surface area contributed by atoms with E-state index in [4.69, 9.17) is 5.84 Å². The summed E-state index contributed by atoms with van der Waals surface area (Å²) in [5.74, 6) is 5.59. The van der Waals surface area contributed by atoms with Gasteiger partial charge in [0.15, 0.2) is 0 Å². The first-order valence-corrected chi connectivity index (χ1v) is 5.79. The molecule has 0 radical (unpaired) electrons. The molecule has 1 aromatic rings. The number of hydrogen-bond donors (Lipinski definition) is 2. The van der Waals surface area contributed by atoms with Crippen molar-refractivity contribution < 1.29 is 0 Å². The van der Waals surface area contributed by atoms with Gasteiger partial charge in [-0.05, 0) is 51.5 Å². The molecule has 0 saturated carbocycles. The molecule has 0 fully saturated rings. The topological polar surface area (TPSA) is 41.3 Å². The van der Waals surface area contributed by atoms with Gasteiger partial charge in [-0.1, -0.05) is 24.3 Å². The summed E-state index contributed by atoms with van der Waals surface area (Å²) in [4.78, 5) is 2.18. The molecule has 16 heavy (non-hydrogen) atoms. The largest absolute Gasteiger partial charge is 0.309 e. The molecule has 0 saturated heterocycles. The van der Waals surface area contributed by atoms with Crippen molar-refractivity contribution >= 4 is 0 Å². The van der Waals surface area contributed by atoms with E-state index in [-0.39, 0.29) is 0 Å². The number of nitrogens with zero attached hydrogens (tertiary/aromatic N) is 1. The van der Waals surface area contributed by atoms with E-state index in [1.54, 1.807) is 0 Å². The minimum absolute atomic E-state index is 0.350. The SMILES string of the molecule is Cc1ccccc1CC(CCN(C)C)NN. The molecule has 1 aromatic carbocycles. The van der Waals surface area contributed by atoms with Crippen LogP contribution in [0.1, 0.15) is 17.5 Å². The highest BCUT2D eigenvalue weighted by atomic mass is 15.2. The molecular formula is C13H23N3. The van der Waals surface area contributed by atoms with Gasteiger partial charge >= 0.3 is 0 Å². The van der Waals surface area contributed by atoms with E-state index in [0.29, 0.717) is 6.04 Å². The van der Waals surface area contributed by atoms with Crippen LogP contribution in [0.2, 0.25) is 0 Å². The second-order valence-electron chi connectivity index (χ2n) is 4.59. The average Bonchev–Trinajstić information content (AvgIpc) is 2.26. The van der Waals surface area contributed by atoms with Gasteiger partial charge in [-0.15, -0.1) is 0 Å². The molecule has 0 spiro atoms. The highest BCUT2D eigenvalue weighted by Crippen LogP contribution is 2.11. The Morgan fingerprint density at radius 1 is 1.31 bits per heavy atom. The molecule has 0 aromatic heterocycles. The zero-order valence-electron chi connectivity index (χ0n) is 10.5. The number of hydrogen-bond acceptors (Lipinski definition) is 3. The first kappa shape index (κ1) is 13.2. The summed E-state index contributed by atoms with van der Waals surface area (Å²) < 4.78 is 0. The molecule has 3 heteroatoms. The van der Waals surface area contributed by atoms with Crippen LogP contribution in [0.3, 0.4) is 0 Å². The molecule has 0 aliphatic rings. The van der Waals surface area contributed by atoms with Crippen molar-refractivity contribution in [1.29, 1.82) is 0 Å². The molecule has 0 bridgehead atoms. The van der Waals surface area contributed by atoms with Gasteiger partial charge in [0, 0.05) is 6.04 Å². The quantitative estimate of drug-likeness (QED) is 0.562. The Kier molecular flexibility index (Phi) is 5.46. The Morgan fingerprint density at radius 3 is 2.56 bits per heavy atom. The Hall–Kier alpha value is -0.900. The van der Waals surface area contributed by atoms with Crippen molar-refractivity contribution in [3.63, 3.8) is 0 Å². The lowest BCUT2D eigenvalue weighted by molar-refractivity contribution is 0.358. The number of aryl methyl sites for hydroxylation is 1. The molecule has 3 nitrogen and oxygen atoms in total. The average molecular weight is 221 g/mol. The normalized spacial score (nSPS) is 13.1. The van der Waals surface area contributed by atoms with E-state index >= 15 is 0 Å². The summed E-state index contributed by atoms with van der Waals surface area (Å²) in [5, 5.41) is 0. The summed E-state index contributed by atoms with van der Waals surface area (Å²) in [6.07, 6.45) is 2.06. The minimum atomic E-state index is 0.350. The zero-order chi connectivity index (χ0) is 12.0. The molecule has 90 valence electrons. The molecule has 3 N–H and O–H groups in total. The number of hydrazine groups is 1. The molecular weight excluding hydrogens is 198 g/mol. The van der Waals surface area contributed by atoms with E-state index in [2.05, 4.69) is 55.6 Å². The van der Waals surface area contributed by atoms with Crippen molar-refractivity contribution in [3.8, 4) is 0 Å². The van der Waals surface area contributed by atoms with Crippen LogP contribution in [-0.4, -0.2) is 31.6 Å². The van der Waals surface area contributed by atoms with Crippen LogP contribution in [-0.2, 0) is 6.42 Å². The monoisotopic (exact) mass is 221 g/mol. The van der Waals surface area contributed by atoms with Crippen LogP contribution in [0.4, 0.5) is 0 Å². The predicted molar refractivity (Wildman–Crippen MR) is 69.2 cm³/mol. The fraction of sp³-hybridized carbons (Fsp3) is 0.538. The van der Waals surface area contributed by atoms with Gasteiger partial charge in [0.05, 0.1) is 0 Å². The first-order valence-electron chi connectivity index (χ1n) is 5.79. The third-order valence-corrected chi connectivity index (χ3v) is 2.89. The van der Waals surface area contributed by atoms with Gasteiger partial charge in [-0.2, -0.15) is 0 Å². The van der Waals surface area contributed by atoms with Crippen molar-refractivity contribution in [2.24, 2.45) is 5.84 Å². The van der Waals surface area contributed by atoms with Gasteiger partial charge < -0.3 is 4.90 Å². The molecule has 1 unspecified atom stereocenters. The first-order chi connectivity index (χ1) is 7.63. The van der Waals surface area contributed by atoms with Crippen molar-refractivity contribution in [2.75, 3.05) is 20.6 Å². The van der Waals surface area contributed by atoms with E-state index in [9.17, 15) is 0 Å². The Bertz CT molecular complexity index is 310. The van der Waals surface area contributed by atoms with Gasteiger partial charge in [0.2, 0.25) is 0 Å². The molecule has 0 heterocycles. The lowest BCUT2D eigenvalue weighted by atomic mass is 9.99. The van der Waals surface area contributed by atoms with Crippen molar-refractivity contribution in [2.45, 2.75) is 25.8 Å². The van der Waals surface area contributed by atoms with Crippen LogP contribution in [0.15, 0.2) is 24.3 Å². The predicted octanol–water partition coefficient (Wildman–Crippen LogP) is 1.32. The highest BCUT2D eigenvalue weighted by molar-refractivity contribution is 5.26. The van der Waals surface area contributed by atoms with E-state index in [1.165, 1.54) is 11.1 Å². The second-order valence-corrected chi connectivity index (χ2v) is 4.59. The maximum Gasteiger partial charge on any atom is 0.0263 e. The van der Waals surface area contributed by atoms with Crippen LogP contribution in [0, 0.1) is 6.92 Å². The molecule has 1 rings (SSSR count).